The van der Waals surface area contributed by atoms with Crippen molar-refractivity contribution in [3.8, 4) is 0 Å². The minimum atomic E-state index is -4.21. The van der Waals surface area contributed by atoms with E-state index in [-0.39, 0.29) is 4.90 Å². The molecule has 0 aliphatic heterocycles. The van der Waals surface area contributed by atoms with Gasteiger partial charge in [-0.15, -0.1) is 0 Å². The summed E-state index contributed by atoms with van der Waals surface area (Å²) in [6.45, 7) is 4.42. The number of benzene rings is 2. The van der Waals surface area contributed by atoms with Gasteiger partial charge in [0.05, 0.1) is 0 Å². The van der Waals surface area contributed by atoms with Gasteiger partial charge < -0.3 is 0 Å². The Morgan fingerprint density at radius 2 is 1.38 bits per heavy atom. The van der Waals surface area contributed by atoms with E-state index in [0.717, 1.165) is 24.6 Å². The van der Waals surface area contributed by atoms with Crippen molar-refractivity contribution in [3.63, 3.8) is 0 Å². The SMILES string of the molecule is CCCCCCc1cc2cccc(S(=O)(=O)O)c2cc1CCCCCC. The Morgan fingerprint density at radius 1 is 0.808 bits per heavy atom. The summed E-state index contributed by atoms with van der Waals surface area (Å²) in [5.41, 5.74) is 2.57. The van der Waals surface area contributed by atoms with Crippen LogP contribution in [0.25, 0.3) is 10.8 Å². The number of rotatable bonds is 11. The third kappa shape index (κ3) is 5.82. The lowest BCUT2D eigenvalue weighted by Gasteiger charge is -2.13. The molecular formula is C22H32O3S. The van der Waals surface area contributed by atoms with E-state index in [1.54, 1.807) is 6.07 Å². The molecule has 3 nitrogen and oxygen atoms in total. The van der Waals surface area contributed by atoms with E-state index in [9.17, 15) is 13.0 Å². The zero-order valence-electron chi connectivity index (χ0n) is 16.1. The van der Waals surface area contributed by atoms with Gasteiger partial charge in [-0.05, 0) is 54.3 Å². The van der Waals surface area contributed by atoms with Crippen LogP contribution in [0.1, 0.15) is 76.3 Å². The number of aryl methyl sites for hydroxylation is 2. The standard InChI is InChI=1S/C22H32O3S/c1-3-5-7-9-12-18-16-20-14-11-15-22(26(23,24)25)21(20)17-19(18)13-10-8-6-4-2/h11,14-17H,3-10,12-13H2,1-2H3,(H,23,24,25). The molecule has 0 radical (unpaired) electrons. The molecule has 2 rings (SSSR count). The highest BCUT2D eigenvalue weighted by molar-refractivity contribution is 7.86. The fraction of sp³-hybridized carbons (Fsp3) is 0.545. The Morgan fingerprint density at radius 3 is 1.92 bits per heavy atom. The molecule has 0 aliphatic rings. The first kappa shape index (κ1) is 20.9. The van der Waals surface area contributed by atoms with Crippen molar-refractivity contribution in [3.05, 3.63) is 41.5 Å². The molecule has 2 aromatic carbocycles. The fourth-order valence-electron chi connectivity index (χ4n) is 3.56. The number of fused-ring (bicyclic) bond motifs is 1. The van der Waals surface area contributed by atoms with Crippen LogP contribution < -0.4 is 0 Å². The van der Waals surface area contributed by atoms with Crippen LogP contribution in [0, 0.1) is 0 Å². The molecule has 2 aromatic rings. The molecule has 0 heterocycles. The topological polar surface area (TPSA) is 54.4 Å². The van der Waals surface area contributed by atoms with Crippen LogP contribution in [0.5, 0.6) is 0 Å². The molecule has 144 valence electrons. The molecule has 0 amide bonds. The van der Waals surface area contributed by atoms with Crippen molar-refractivity contribution >= 4 is 20.9 Å². The lowest BCUT2D eigenvalue weighted by molar-refractivity contribution is 0.484. The van der Waals surface area contributed by atoms with Crippen molar-refractivity contribution in [2.75, 3.05) is 0 Å². The highest BCUT2D eigenvalue weighted by atomic mass is 32.2. The predicted molar refractivity (Wildman–Crippen MR) is 109 cm³/mol. The van der Waals surface area contributed by atoms with Gasteiger partial charge in [-0.2, -0.15) is 8.42 Å². The highest BCUT2D eigenvalue weighted by Crippen LogP contribution is 2.28. The molecule has 0 bridgehead atoms. The van der Waals surface area contributed by atoms with Gasteiger partial charge in [0, 0.05) is 5.39 Å². The first-order valence-corrected chi connectivity index (χ1v) is 11.4. The predicted octanol–water partition coefficient (Wildman–Crippen LogP) is 6.33. The Kier molecular flexibility index (Phi) is 8.11. The molecule has 0 atom stereocenters. The first-order chi connectivity index (χ1) is 12.5. The van der Waals surface area contributed by atoms with Crippen molar-refractivity contribution in [1.29, 1.82) is 0 Å². The largest absolute Gasteiger partial charge is 0.295 e. The molecule has 0 unspecified atom stereocenters. The maximum Gasteiger partial charge on any atom is 0.295 e. The Hall–Kier alpha value is -1.39. The fourth-order valence-corrected chi connectivity index (χ4v) is 4.27. The number of unbranched alkanes of at least 4 members (excludes halogenated alkanes) is 6. The van der Waals surface area contributed by atoms with Gasteiger partial charge in [-0.25, -0.2) is 0 Å². The molecule has 0 aromatic heterocycles. The van der Waals surface area contributed by atoms with Gasteiger partial charge in [-0.1, -0.05) is 70.6 Å². The molecule has 0 saturated carbocycles. The van der Waals surface area contributed by atoms with Crippen LogP contribution in [0.15, 0.2) is 35.2 Å². The van der Waals surface area contributed by atoms with E-state index in [1.807, 2.05) is 12.1 Å². The maximum atomic E-state index is 11.7. The van der Waals surface area contributed by atoms with Gasteiger partial charge in [0.2, 0.25) is 0 Å². The highest BCUT2D eigenvalue weighted by Gasteiger charge is 2.15. The molecule has 0 fully saturated rings. The summed E-state index contributed by atoms with van der Waals surface area (Å²) in [5, 5.41) is 1.53. The van der Waals surface area contributed by atoms with Crippen LogP contribution >= 0.6 is 0 Å². The van der Waals surface area contributed by atoms with E-state index in [0.29, 0.717) is 5.39 Å². The van der Waals surface area contributed by atoms with Crippen molar-refractivity contribution in [2.45, 2.75) is 83.0 Å². The van der Waals surface area contributed by atoms with E-state index in [1.165, 1.54) is 62.1 Å². The summed E-state index contributed by atoms with van der Waals surface area (Å²) in [7, 11) is -4.21. The molecule has 0 spiro atoms. The summed E-state index contributed by atoms with van der Waals surface area (Å²) in [5.74, 6) is 0. The Bertz CT molecular complexity index is 809. The Labute approximate surface area is 158 Å². The molecule has 26 heavy (non-hydrogen) atoms. The van der Waals surface area contributed by atoms with Gasteiger partial charge in [0.25, 0.3) is 10.1 Å². The molecule has 0 aliphatic carbocycles. The third-order valence-corrected chi connectivity index (χ3v) is 5.95. The minimum absolute atomic E-state index is 0.0161. The second-order valence-electron chi connectivity index (χ2n) is 7.19. The number of hydrogen-bond donors (Lipinski definition) is 1. The van der Waals surface area contributed by atoms with Crippen LogP contribution in [0.3, 0.4) is 0 Å². The van der Waals surface area contributed by atoms with Crippen LogP contribution in [0.4, 0.5) is 0 Å². The van der Waals surface area contributed by atoms with Gasteiger partial charge in [0.15, 0.2) is 0 Å². The van der Waals surface area contributed by atoms with E-state index in [2.05, 4.69) is 19.9 Å². The van der Waals surface area contributed by atoms with Crippen molar-refractivity contribution in [1.82, 2.24) is 0 Å². The summed E-state index contributed by atoms with van der Waals surface area (Å²) in [6.07, 6.45) is 11.6. The quantitative estimate of drug-likeness (QED) is 0.368. The number of hydrogen-bond acceptors (Lipinski definition) is 2. The lowest BCUT2D eigenvalue weighted by Crippen LogP contribution is -2.01. The second kappa shape index (κ2) is 10.1. The zero-order chi connectivity index (χ0) is 19.0. The van der Waals surface area contributed by atoms with Gasteiger partial charge >= 0.3 is 0 Å². The smallest absolute Gasteiger partial charge is 0.282 e. The normalized spacial score (nSPS) is 12.0. The zero-order valence-corrected chi connectivity index (χ0v) is 16.9. The van der Waals surface area contributed by atoms with Crippen LogP contribution in [0.2, 0.25) is 0 Å². The molecule has 4 heteroatoms. The second-order valence-corrected chi connectivity index (χ2v) is 8.58. The maximum absolute atomic E-state index is 11.7. The van der Waals surface area contributed by atoms with Crippen LogP contribution in [-0.4, -0.2) is 13.0 Å². The molecule has 0 saturated heterocycles. The average molecular weight is 377 g/mol. The van der Waals surface area contributed by atoms with Crippen molar-refractivity contribution < 1.29 is 13.0 Å². The first-order valence-electron chi connectivity index (χ1n) is 9.99. The van der Waals surface area contributed by atoms with E-state index >= 15 is 0 Å². The van der Waals surface area contributed by atoms with Gasteiger partial charge in [-0.3, -0.25) is 4.55 Å². The lowest BCUT2D eigenvalue weighted by atomic mass is 9.93. The summed E-state index contributed by atoms with van der Waals surface area (Å²) in [6, 6.07) is 9.25. The molecule has 1 N–H and O–H groups in total. The minimum Gasteiger partial charge on any atom is -0.282 e. The molecular weight excluding hydrogens is 344 g/mol. The summed E-state index contributed by atoms with van der Waals surface area (Å²) in [4.78, 5) is 0.0161. The average Bonchev–Trinajstić information content (AvgIpc) is 2.61. The summed E-state index contributed by atoms with van der Waals surface area (Å²) >= 11 is 0. The third-order valence-electron chi connectivity index (χ3n) is 5.04. The Balaban J connectivity index is 2.36. The van der Waals surface area contributed by atoms with E-state index < -0.39 is 10.1 Å². The van der Waals surface area contributed by atoms with E-state index in [4.69, 9.17) is 0 Å². The van der Waals surface area contributed by atoms with Crippen LogP contribution in [-0.2, 0) is 23.0 Å². The monoisotopic (exact) mass is 376 g/mol. The summed E-state index contributed by atoms with van der Waals surface area (Å²) < 4.78 is 33.0. The van der Waals surface area contributed by atoms with Gasteiger partial charge in [0.1, 0.15) is 4.90 Å². The van der Waals surface area contributed by atoms with Crippen molar-refractivity contribution in [2.24, 2.45) is 0 Å².